The largest absolute Gasteiger partial charge is 0.394 e. The molecule has 2 amide bonds. The van der Waals surface area contributed by atoms with E-state index in [-0.39, 0.29) is 12.6 Å². The number of urea groups is 1. The Bertz CT molecular complexity index is 1480. The van der Waals surface area contributed by atoms with Crippen molar-refractivity contribution in [2.24, 2.45) is 0 Å². The Labute approximate surface area is 209 Å². The molecule has 4 heterocycles. The third-order valence-corrected chi connectivity index (χ3v) is 7.42. The summed E-state index contributed by atoms with van der Waals surface area (Å²) in [6.45, 7) is 0.908. The summed E-state index contributed by atoms with van der Waals surface area (Å²) in [5, 5.41) is 24.8. The fourth-order valence-corrected chi connectivity index (χ4v) is 5.48. The molecule has 4 aromatic rings. The molecule has 1 atom stereocenters. The van der Waals surface area contributed by atoms with Crippen molar-refractivity contribution in [2.45, 2.75) is 6.04 Å². The van der Waals surface area contributed by atoms with E-state index in [1.807, 2.05) is 29.2 Å². The molecule has 35 heavy (non-hydrogen) atoms. The molecule has 174 valence electrons. The second-order valence-electron chi connectivity index (χ2n) is 7.80. The second-order valence-corrected chi connectivity index (χ2v) is 9.51. The zero-order valence-corrected chi connectivity index (χ0v) is 20.0. The molecule has 1 saturated heterocycles. The van der Waals surface area contributed by atoms with Crippen molar-refractivity contribution in [2.75, 3.05) is 36.5 Å². The molecular formula is C24H19N7O2S2. The standard InChI is InChI=1S/C24H19N7O2S2/c1-2-21-28-20(13-34-21)29-24(33)31-7-6-30(11-17(31)12-32)23-15(9-25)8-16(10-26-23)18-4-3-5-19-22(18)35-14-27-19/h1,3-5,8,10,13-14,17,32H,6-7,11-12H2,(H,29,33)/t17-/m1/s1. The minimum atomic E-state index is -0.478. The summed E-state index contributed by atoms with van der Waals surface area (Å²) < 4.78 is 1.04. The molecule has 11 heteroatoms. The molecule has 0 bridgehead atoms. The number of hydrogen-bond acceptors (Lipinski definition) is 9. The molecule has 3 aromatic heterocycles. The number of nitriles is 1. The van der Waals surface area contributed by atoms with Gasteiger partial charge in [0.05, 0.1) is 33.9 Å². The van der Waals surface area contributed by atoms with E-state index in [4.69, 9.17) is 6.42 Å². The van der Waals surface area contributed by atoms with Crippen LogP contribution < -0.4 is 10.2 Å². The minimum Gasteiger partial charge on any atom is -0.394 e. The lowest BCUT2D eigenvalue weighted by atomic mass is 10.0. The molecule has 0 saturated carbocycles. The van der Waals surface area contributed by atoms with E-state index in [1.54, 1.807) is 33.3 Å². The van der Waals surface area contributed by atoms with Crippen LogP contribution in [0.4, 0.5) is 16.4 Å². The van der Waals surface area contributed by atoms with Crippen molar-refractivity contribution in [1.29, 1.82) is 5.26 Å². The maximum atomic E-state index is 12.8. The van der Waals surface area contributed by atoms with E-state index in [9.17, 15) is 15.2 Å². The first-order chi connectivity index (χ1) is 17.1. The fourth-order valence-electron chi connectivity index (χ4n) is 4.10. The fraction of sp³-hybridized carbons (Fsp3) is 0.208. The summed E-state index contributed by atoms with van der Waals surface area (Å²) in [7, 11) is 0. The molecule has 9 nitrogen and oxygen atoms in total. The summed E-state index contributed by atoms with van der Waals surface area (Å²) in [5.74, 6) is 3.35. The van der Waals surface area contributed by atoms with Crippen LogP contribution in [0.15, 0.2) is 41.4 Å². The van der Waals surface area contributed by atoms with Gasteiger partial charge in [0.1, 0.15) is 17.7 Å². The number of hydrogen-bond donors (Lipinski definition) is 2. The molecule has 1 aliphatic rings. The summed E-state index contributed by atoms with van der Waals surface area (Å²) in [5.41, 5.74) is 4.96. The van der Waals surface area contributed by atoms with E-state index < -0.39 is 6.04 Å². The molecule has 0 unspecified atom stereocenters. The van der Waals surface area contributed by atoms with Crippen LogP contribution in [-0.4, -0.2) is 63.3 Å². The van der Waals surface area contributed by atoms with Gasteiger partial charge in [0.15, 0.2) is 5.01 Å². The topological polar surface area (TPSA) is 118 Å². The van der Waals surface area contributed by atoms with Crippen molar-refractivity contribution in [3.63, 3.8) is 0 Å². The normalized spacial score (nSPS) is 15.6. The molecule has 2 N–H and O–H groups in total. The van der Waals surface area contributed by atoms with Crippen LogP contribution in [-0.2, 0) is 0 Å². The monoisotopic (exact) mass is 501 g/mol. The van der Waals surface area contributed by atoms with Gasteiger partial charge in [-0.25, -0.2) is 19.7 Å². The maximum Gasteiger partial charge on any atom is 0.323 e. The highest BCUT2D eigenvalue weighted by atomic mass is 32.1. The van der Waals surface area contributed by atoms with Gasteiger partial charge < -0.3 is 14.9 Å². The third kappa shape index (κ3) is 4.40. The first kappa shape index (κ1) is 22.7. The number of aliphatic hydroxyl groups excluding tert-OH is 1. The van der Waals surface area contributed by atoms with Gasteiger partial charge in [-0.15, -0.1) is 29.1 Å². The van der Waals surface area contributed by atoms with Gasteiger partial charge in [-0.1, -0.05) is 12.1 Å². The number of terminal acetylenes is 1. The Hall–Kier alpha value is -4.03. The zero-order valence-electron chi connectivity index (χ0n) is 18.4. The number of pyridine rings is 1. The van der Waals surface area contributed by atoms with Crippen LogP contribution in [0.1, 0.15) is 10.6 Å². The predicted octanol–water partition coefficient (Wildman–Crippen LogP) is 3.38. The molecule has 0 aliphatic carbocycles. The molecule has 1 fully saturated rings. The van der Waals surface area contributed by atoms with Crippen LogP contribution in [0.5, 0.6) is 0 Å². The van der Waals surface area contributed by atoms with Gasteiger partial charge >= 0.3 is 6.03 Å². The number of aromatic nitrogens is 3. The molecular weight excluding hydrogens is 482 g/mol. The van der Waals surface area contributed by atoms with Crippen molar-refractivity contribution < 1.29 is 9.90 Å². The number of thiazole rings is 2. The average molecular weight is 502 g/mol. The van der Waals surface area contributed by atoms with E-state index in [2.05, 4.69) is 32.3 Å². The van der Waals surface area contributed by atoms with Gasteiger partial charge in [0, 0.05) is 42.3 Å². The molecule has 1 aromatic carbocycles. The SMILES string of the molecule is C#Cc1nc(NC(=O)N2CCN(c3ncc(-c4cccc5ncsc45)cc3C#N)C[C@@H]2CO)cs1. The van der Waals surface area contributed by atoms with Gasteiger partial charge in [-0.2, -0.15) is 5.26 Å². The number of anilines is 2. The van der Waals surface area contributed by atoms with E-state index in [0.29, 0.717) is 41.8 Å². The van der Waals surface area contributed by atoms with Crippen molar-refractivity contribution >= 4 is 50.6 Å². The number of nitrogens with one attached hydrogen (secondary N) is 1. The predicted molar refractivity (Wildman–Crippen MR) is 136 cm³/mol. The summed E-state index contributed by atoms with van der Waals surface area (Å²) in [6, 6.07) is 9.13. The number of fused-ring (bicyclic) bond motifs is 1. The lowest BCUT2D eigenvalue weighted by Crippen LogP contribution is -2.58. The molecule has 5 rings (SSSR count). The summed E-state index contributed by atoms with van der Waals surface area (Å²) >= 11 is 2.81. The van der Waals surface area contributed by atoms with Gasteiger partial charge in [0.2, 0.25) is 0 Å². The lowest BCUT2D eigenvalue weighted by molar-refractivity contribution is 0.132. The Morgan fingerprint density at radius 2 is 2.20 bits per heavy atom. The number of rotatable bonds is 4. The van der Waals surface area contributed by atoms with Crippen molar-refractivity contribution in [3.8, 4) is 29.5 Å². The molecule has 0 spiro atoms. The summed E-state index contributed by atoms with van der Waals surface area (Å²) in [4.78, 5) is 29.4. The first-order valence-corrected chi connectivity index (χ1v) is 12.5. The van der Waals surface area contributed by atoms with Crippen molar-refractivity contribution in [3.05, 3.63) is 51.9 Å². The highest BCUT2D eigenvalue weighted by Gasteiger charge is 2.32. The lowest BCUT2D eigenvalue weighted by Gasteiger charge is -2.41. The molecule has 1 aliphatic heterocycles. The maximum absolute atomic E-state index is 12.8. The number of carbonyl (C=O) groups excluding carboxylic acids is 1. The molecule has 0 radical (unpaired) electrons. The number of piperazine rings is 1. The van der Waals surface area contributed by atoms with Crippen molar-refractivity contribution in [1.82, 2.24) is 19.9 Å². The highest BCUT2D eigenvalue weighted by Crippen LogP contribution is 2.33. The Morgan fingerprint density at radius 3 is 2.97 bits per heavy atom. The Kier molecular flexibility index (Phi) is 6.29. The Morgan fingerprint density at radius 1 is 1.31 bits per heavy atom. The Balaban J connectivity index is 1.35. The zero-order chi connectivity index (χ0) is 24.4. The number of nitrogens with zero attached hydrogens (tertiary/aromatic N) is 6. The summed E-state index contributed by atoms with van der Waals surface area (Å²) in [6.07, 6.45) is 7.09. The van der Waals surface area contributed by atoms with Crippen LogP contribution >= 0.6 is 22.7 Å². The van der Waals surface area contributed by atoms with Gasteiger partial charge in [-0.3, -0.25) is 5.32 Å². The van der Waals surface area contributed by atoms with Crippen LogP contribution in [0.2, 0.25) is 0 Å². The van der Waals surface area contributed by atoms with Crippen LogP contribution in [0.25, 0.3) is 21.3 Å². The van der Waals surface area contributed by atoms with E-state index in [1.165, 1.54) is 11.3 Å². The van der Waals surface area contributed by atoms with E-state index in [0.717, 1.165) is 21.3 Å². The van der Waals surface area contributed by atoms with Crippen LogP contribution in [0, 0.1) is 23.7 Å². The van der Waals surface area contributed by atoms with Gasteiger partial charge in [0.25, 0.3) is 0 Å². The van der Waals surface area contributed by atoms with Crippen LogP contribution in [0.3, 0.4) is 0 Å². The second kappa shape index (κ2) is 9.68. The smallest absolute Gasteiger partial charge is 0.323 e. The number of amides is 2. The third-order valence-electron chi connectivity index (χ3n) is 5.77. The van der Waals surface area contributed by atoms with E-state index >= 15 is 0 Å². The number of carbonyl (C=O) groups is 1. The first-order valence-electron chi connectivity index (χ1n) is 10.7. The minimum absolute atomic E-state index is 0.232. The number of benzene rings is 1. The quantitative estimate of drug-likeness (QED) is 0.412. The average Bonchev–Trinajstić information content (AvgIpc) is 3.57. The highest BCUT2D eigenvalue weighted by molar-refractivity contribution is 7.17. The van der Waals surface area contributed by atoms with Gasteiger partial charge in [-0.05, 0) is 18.1 Å². The number of aliphatic hydroxyl groups is 1.